The third kappa shape index (κ3) is 4.43. The van der Waals surface area contributed by atoms with Gasteiger partial charge in [0.1, 0.15) is 0 Å². The van der Waals surface area contributed by atoms with Crippen molar-refractivity contribution in [2.45, 2.75) is 45.6 Å². The van der Waals surface area contributed by atoms with Crippen LogP contribution in [0.5, 0.6) is 0 Å². The Morgan fingerprint density at radius 2 is 2.00 bits per heavy atom. The molecule has 1 aliphatic heterocycles. The topological polar surface area (TPSA) is 76.4 Å². The van der Waals surface area contributed by atoms with Crippen LogP contribution >= 0.6 is 0 Å². The second-order valence-electron chi connectivity index (χ2n) is 6.77. The third-order valence-corrected chi connectivity index (χ3v) is 5.01. The van der Waals surface area contributed by atoms with Gasteiger partial charge < -0.3 is 14.5 Å². The minimum absolute atomic E-state index is 0.136. The second kappa shape index (κ2) is 8.41. The Hall–Kier alpha value is -1.70. The van der Waals surface area contributed by atoms with E-state index in [1.165, 1.54) is 25.7 Å². The van der Waals surface area contributed by atoms with Gasteiger partial charge in [0.05, 0.1) is 13.2 Å². The Labute approximate surface area is 143 Å². The SMILES string of the molecule is CC(=O)N1CCCN(c2nnnn2CCOCC2CCCC2)CC1. The van der Waals surface area contributed by atoms with Gasteiger partial charge in [-0.2, -0.15) is 0 Å². The summed E-state index contributed by atoms with van der Waals surface area (Å²) in [5.41, 5.74) is 0. The van der Waals surface area contributed by atoms with Gasteiger partial charge in [-0.25, -0.2) is 4.68 Å². The molecule has 0 bridgehead atoms. The average molecular weight is 336 g/mol. The van der Waals surface area contributed by atoms with Crippen molar-refractivity contribution in [1.82, 2.24) is 25.1 Å². The van der Waals surface area contributed by atoms with Crippen molar-refractivity contribution in [2.24, 2.45) is 5.92 Å². The predicted octanol–water partition coefficient (Wildman–Crippen LogP) is 0.938. The lowest BCUT2D eigenvalue weighted by atomic mass is 10.1. The molecule has 0 spiro atoms. The number of rotatable bonds is 6. The number of anilines is 1. The molecule has 0 atom stereocenters. The zero-order valence-corrected chi connectivity index (χ0v) is 14.6. The van der Waals surface area contributed by atoms with Crippen molar-refractivity contribution < 1.29 is 9.53 Å². The van der Waals surface area contributed by atoms with E-state index in [0.717, 1.165) is 51.1 Å². The van der Waals surface area contributed by atoms with Gasteiger partial charge in [-0.3, -0.25) is 4.79 Å². The van der Waals surface area contributed by atoms with Gasteiger partial charge in [-0.05, 0) is 35.6 Å². The van der Waals surface area contributed by atoms with Gasteiger partial charge in [-0.15, -0.1) is 0 Å². The van der Waals surface area contributed by atoms with Gasteiger partial charge in [0.15, 0.2) is 0 Å². The minimum Gasteiger partial charge on any atom is -0.379 e. The van der Waals surface area contributed by atoms with Crippen LogP contribution in [-0.2, 0) is 16.1 Å². The molecule has 0 radical (unpaired) electrons. The van der Waals surface area contributed by atoms with E-state index in [4.69, 9.17) is 4.74 Å². The maximum Gasteiger partial charge on any atom is 0.245 e. The summed E-state index contributed by atoms with van der Waals surface area (Å²) in [7, 11) is 0. The maximum absolute atomic E-state index is 11.5. The molecule has 1 aliphatic carbocycles. The lowest BCUT2D eigenvalue weighted by Gasteiger charge is -2.21. The van der Waals surface area contributed by atoms with Crippen LogP contribution in [0.25, 0.3) is 0 Å². The largest absolute Gasteiger partial charge is 0.379 e. The highest BCUT2D eigenvalue weighted by Crippen LogP contribution is 2.24. The van der Waals surface area contributed by atoms with E-state index in [9.17, 15) is 4.79 Å². The summed E-state index contributed by atoms with van der Waals surface area (Å²) >= 11 is 0. The van der Waals surface area contributed by atoms with Crippen molar-refractivity contribution in [3.8, 4) is 0 Å². The van der Waals surface area contributed by atoms with Crippen LogP contribution < -0.4 is 4.90 Å². The van der Waals surface area contributed by atoms with Crippen molar-refractivity contribution in [2.75, 3.05) is 44.3 Å². The number of nitrogens with zero attached hydrogens (tertiary/aromatic N) is 6. The number of carbonyl (C=O) groups is 1. The first kappa shape index (κ1) is 17.1. The van der Waals surface area contributed by atoms with Crippen LogP contribution in [-0.4, -0.2) is 70.4 Å². The molecule has 1 saturated heterocycles. The van der Waals surface area contributed by atoms with Gasteiger partial charge in [-0.1, -0.05) is 17.9 Å². The molecule has 8 nitrogen and oxygen atoms in total. The first-order valence-electron chi connectivity index (χ1n) is 9.08. The normalized spacial score (nSPS) is 19.7. The Balaban J connectivity index is 1.48. The third-order valence-electron chi connectivity index (χ3n) is 5.01. The fourth-order valence-corrected chi connectivity index (χ4v) is 3.58. The van der Waals surface area contributed by atoms with Gasteiger partial charge in [0.25, 0.3) is 0 Å². The van der Waals surface area contributed by atoms with E-state index >= 15 is 0 Å². The Bertz CT molecular complexity index is 528. The first-order valence-corrected chi connectivity index (χ1v) is 9.08. The Morgan fingerprint density at radius 3 is 2.79 bits per heavy atom. The fraction of sp³-hybridized carbons (Fsp3) is 0.875. The van der Waals surface area contributed by atoms with Gasteiger partial charge >= 0.3 is 0 Å². The summed E-state index contributed by atoms with van der Waals surface area (Å²) < 4.78 is 7.64. The van der Waals surface area contributed by atoms with Gasteiger partial charge in [0, 0.05) is 39.7 Å². The molecule has 8 heteroatoms. The zero-order valence-electron chi connectivity index (χ0n) is 14.6. The maximum atomic E-state index is 11.5. The summed E-state index contributed by atoms with van der Waals surface area (Å²) in [5, 5.41) is 12.1. The number of hydrogen-bond donors (Lipinski definition) is 0. The Morgan fingerprint density at radius 1 is 1.17 bits per heavy atom. The second-order valence-corrected chi connectivity index (χ2v) is 6.77. The van der Waals surface area contributed by atoms with Crippen LogP contribution in [0.2, 0.25) is 0 Å². The lowest BCUT2D eigenvalue weighted by molar-refractivity contribution is -0.128. The summed E-state index contributed by atoms with van der Waals surface area (Å²) in [5.74, 6) is 1.66. The zero-order chi connectivity index (χ0) is 16.8. The molecule has 0 N–H and O–H groups in total. The van der Waals surface area contributed by atoms with E-state index in [-0.39, 0.29) is 5.91 Å². The molecule has 2 fully saturated rings. The molecule has 1 aromatic heterocycles. The molecule has 2 aliphatic rings. The minimum atomic E-state index is 0.136. The van der Waals surface area contributed by atoms with Crippen LogP contribution in [0.3, 0.4) is 0 Å². The molecule has 1 saturated carbocycles. The molecule has 0 aromatic carbocycles. The number of aromatic nitrogens is 4. The molecule has 3 rings (SSSR count). The molecular weight excluding hydrogens is 308 g/mol. The summed E-state index contributed by atoms with van der Waals surface area (Å²) in [6.45, 7) is 6.95. The van der Waals surface area contributed by atoms with Crippen LogP contribution in [0.4, 0.5) is 5.95 Å². The quantitative estimate of drug-likeness (QED) is 0.720. The number of carbonyl (C=O) groups excluding carboxylic acids is 1. The first-order chi connectivity index (χ1) is 11.7. The highest BCUT2D eigenvalue weighted by Gasteiger charge is 2.21. The molecule has 1 aromatic rings. The number of tetrazole rings is 1. The van der Waals surface area contributed by atoms with E-state index < -0.39 is 0 Å². The predicted molar refractivity (Wildman–Crippen MR) is 89.7 cm³/mol. The summed E-state index contributed by atoms with van der Waals surface area (Å²) in [6, 6.07) is 0. The standard InChI is InChI=1S/C16H28N6O2/c1-14(23)20-7-4-8-21(10-9-20)16-17-18-19-22(16)11-12-24-13-15-5-2-3-6-15/h15H,2-13H2,1H3. The summed E-state index contributed by atoms with van der Waals surface area (Å²) in [4.78, 5) is 15.6. The van der Waals surface area contributed by atoms with E-state index in [1.807, 2.05) is 9.58 Å². The average Bonchev–Trinajstić information content (AvgIpc) is 3.18. The van der Waals surface area contributed by atoms with Crippen LogP contribution in [0, 0.1) is 5.92 Å². The van der Waals surface area contributed by atoms with Crippen LogP contribution in [0.1, 0.15) is 39.0 Å². The smallest absolute Gasteiger partial charge is 0.245 e. The number of ether oxygens (including phenoxy) is 1. The van der Waals surface area contributed by atoms with Crippen molar-refractivity contribution >= 4 is 11.9 Å². The van der Waals surface area contributed by atoms with Gasteiger partial charge in [0.2, 0.25) is 11.9 Å². The molecule has 2 heterocycles. The van der Waals surface area contributed by atoms with E-state index in [0.29, 0.717) is 13.2 Å². The molecular formula is C16H28N6O2. The highest BCUT2D eigenvalue weighted by atomic mass is 16.5. The number of hydrogen-bond acceptors (Lipinski definition) is 6. The number of amides is 1. The molecule has 1 amide bonds. The molecule has 24 heavy (non-hydrogen) atoms. The van der Waals surface area contributed by atoms with Crippen molar-refractivity contribution in [1.29, 1.82) is 0 Å². The Kier molecular flexibility index (Phi) is 6.01. The molecule has 134 valence electrons. The summed E-state index contributed by atoms with van der Waals surface area (Å²) in [6.07, 6.45) is 6.23. The van der Waals surface area contributed by atoms with Crippen molar-refractivity contribution in [3.05, 3.63) is 0 Å². The highest BCUT2D eigenvalue weighted by molar-refractivity contribution is 5.73. The lowest BCUT2D eigenvalue weighted by Crippen LogP contribution is -2.34. The van der Waals surface area contributed by atoms with Crippen molar-refractivity contribution in [3.63, 3.8) is 0 Å². The molecule has 0 unspecified atom stereocenters. The fourth-order valence-electron chi connectivity index (χ4n) is 3.58. The van der Waals surface area contributed by atoms with E-state index in [1.54, 1.807) is 6.92 Å². The van der Waals surface area contributed by atoms with Crippen LogP contribution in [0.15, 0.2) is 0 Å². The monoisotopic (exact) mass is 336 g/mol. The van der Waals surface area contributed by atoms with E-state index in [2.05, 4.69) is 20.4 Å².